The van der Waals surface area contributed by atoms with E-state index in [9.17, 15) is 4.79 Å². The van der Waals surface area contributed by atoms with Crippen molar-refractivity contribution in [2.45, 2.75) is 19.4 Å². The van der Waals surface area contributed by atoms with E-state index in [2.05, 4.69) is 22.9 Å². The zero-order valence-electron chi connectivity index (χ0n) is 13.8. The van der Waals surface area contributed by atoms with Gasteiger partial charge in [-0.2, -0.15) is 0 Å². The summed E-state index contributed by atoms with van der Waals surface area (Å²) in [6.45, 7) is 5.12. The number of para-hydroxylation sites is 1. The highest BCUT2D eigenvalue weighted by Gasteiger charge is 2.32. The normalized spacial score (nSPS) is 20.1. The maximum absolute atomic E-state index is 13.1. The van der Waals surface area contributed by atoms with Gasteiger partial charge in [-0.15, -0.1) is 0 Å². The topological polar surface area (TPSA) is 45.7 Å². The molecule has 24 heavy (non-hydrogen) atoms. The van der Waals surface area contributed by atoms with E-state index in [4.69, 9.17) is 4.74 Å². The second-order valence-corrected chi connectivity index (χ2v) is 6.34. The molecular formula is C19H21N3O2. The van der Waals surface area contributed by atoms with Gasteiger partial charge >= 0.3 is 0 Å². The molecule has 0 aliphatic carbocycles. The van der Waals surface area contributed by atoms with Crippen molar-refractivity contribution in [1.29, 1.82) is 0 Å². The summed E-state index contributed by atoms with van der Waals surface area (Å²) in [5.74, 6) is 0.826. The molecule has 0 bridgehead atoms. The monoisotopic (exact) mass is 323 g/mol. The van der Waals surface area contributed by atoms with E-state index in [0.29, 0.717) is 18.9 Å². The van der Waals surface area contributed by atoms with Crippen LogP contribution in [0.1, 0.15) is 23.0 Å². The zero-order valence-corrected chi connectivity index (χ0v) is 13.8. The summed E-state index contributed by atoms with van der Waals surface area (Å²) in [5, 5.41) is 0. The van der Waals surface area contributed by atoms with Crippen molar-refractivity contribution in [1.82, 2.24) is 4.98 Å². The molecule has 2 aliphatic rings. The molecule has 4 rings (SSSR count). The lowest BCUT2D eigenvalue weighted by Gasteiger charge is -2.28. The van der Waals surface area contributed by atoms with E-state index in [0.717, 1.165) is 31.0 Å². The Labute approximate surface area is 141 Å². The fourth-order valence-corrected chi connectivity index (χ4v) is 3.51. The van der Waals surface area contributed by atoms with Crippen molar-refractivity contribution in [3.05, 3.63) is 53.7 Å². The van der Waals surface area contributed by atoms with Crippen molar-refractivity contribution in [3.63, 3.8) is 0 Å². The van der Waals surface area contributed by atoms with E-state index in [1.165, 1.54) is 5.56 Å². The molecule has 124 valence electrons. The van der Waals surface area contributed by atoms with Gasteiger partial charge in [0.15, 0.2) is 0 Å². The third kappa shape index (κ3) is 2.65. The molecule has 1 fully saturated rings. The number of aromatic nitrogens is 1. The number of fused-ring (bicyclic) bond motifs is 1. The average molecular weight is 323 g/mol. The number of anilines is 2. The number of pyridine rings is 1. The smallest absolute Gasteiger partial charge is 0.277 e. The highest BCUT2D eigenvalue weighted by molar-refractivity contribution is 6.06. The molecule has 5 heteroatoms. The van der Waals surface area contributed by atoms with Crippen LogP contribution in [0.5, 0.6) is 0 Å². The number of hydrogen-bond donors (Lipinski definition) is 0. The van der Waals surface area contributed by atoms with Gasteiger partial charge in [0.05, 0.1) is 13.2 Å². The summed E-state index contributed by atoms with van der Waals surface area (Å²) in [4.78, 5) is 21.7. The third-order valence-corrected chi connectivity index (χ3v) is 4.71. The van der Waals surface area contributed by atoms with E-state index >= 15 is 0 Å². The molecule has 1 aromatic heterocycles. The van der Waals surface area contributed by atoms with Gasteiger partial charge in [0.2, 0.25) is 0 Å². The summed E-state index contributed by atoms with van der Waals surface area (Å²) in [7, 11) is 0. The van der Waals surface area contributed by atoms with E-state index in [-0.39, 0.29) is 11.9 Å². The fraction of sp³-hybridized carbons (Fsp3) is 0.368. The summed E-state index contributed by atoms with van der Waals surface area (Å²) in [6, 6.07) is 14.0. The molecule has 0 spiro atoms. The summed E-state index contributed by atoms with van der Waals surface area (Å²) < 4.78 is 5.39. The number of benzene rings is 1. The first kappa shape index (κ1) is 15.1. The molecule has 0 radical (unpaired) electrons. The number of hydrogen-bond acceptors (Lipinski definition) is 4. The quantitative estimate of drug-likeness (QED) is 0.852. The first-order chi connectivity index (χ1) is 11.7. The molecule has 1 atom stereocenters. The Hall–Kier alpha value is -2.40. The van der Waals surface area contributed by atoms with Gasteiger partial charge in [0.25, 0.3) is 5.91 Å². The highest BCUT2D eigenvalue weighted by atomic mass is 16.5. The van der Waals surface area contributed by atoms with Crippen LogP contribution in [-0.4, -0.2) is 43.2 Å². The number of morpholine rings is 1. The Kier molecular flexibility index (Phi) is 3.94. The van der Waals surface area contributed by atoms with Crippen LogP contribution < -0.4 is 9.80 Å². The first-order valence-electron chi connectivity index (χ1n) is 8.45. The zero-order chi connectivity index (χ0) is 16.5. The van der Waals surface area contributed by atoms with Gasteiger partial charge in [0, 0.05) is 24.8 Å². The maximum atomic E-state index is 13.1. The molecule has 3 heterocycles. The SMILES string of the molecule is CC1Cc2ccccc2N1C(=O)c1cccc(N2CCOCC2)n1. The van der Waals surface area contributed by atoms with Gasteiger partial charge in [0.1, 0.15) is 11.5 Å². The van der Waals surface area contributed by atoms with E-state index in [1.54, 1.807) is 6.07 Å². The van der Waals surface area contributed by atoms with Crippen molar-refractivity contribution in [2.75, 3.05) is 36.1 Å². The summed E-state index contributed by atoms with van der Waals surface area (Å²) in [6.07, 6.45) is 0.894. The second-order valence-electron chi connectivity index (χ2n) is 6.34. The Morgan fingerprint density at radius 2 is 1.92 bits per heavy atom. The van der Waals surface area contributed by atoms with Crippen LogP contribution in [0, 0.1) is 0 Å². The van der Waals surface area contributed by atoms with Crippen molar-refractivity contribution in [3.8, 4) is 0 Å². The minimum Gasteiger partial charge on any atom is -0.378 e. The average Bonchev–Trinajstić information content (AvgIpc) is 2.97. The predicted molar refractivity (Wildman–Crippen MR) is 93.7 cm³/mol. The fourth-order valence-electron chi connectivity index (χ4n) is 3.51. The van der Waals surface area contributed by atoms with Gasteiger partial charge < -0.3 is 14.5 Å². The number of rotatable bonds is 2. The Bertz CT molecular complexity index is 756. The molecule has 2 aromatic rings. The molecule has 0 saturated carbocycles. The Balaban J connectivity index is 1.63. The minimum absolute atomic E-state index is 0.0254. The number of carbonyl (C=O) groups is 1. The van der Waals surface area contributed by atoms with Crippen LogP contribution in [0.3, 0.4) is 0 Å². The number of amides is 1. The molecule has 1 aromatic carbocycles. The van der Waals surface area contributed by atoms with Gasteiger partial charge in [-0.25, -0.2) is 4.98 Å². The summed E-state index contributed by atoms with van der Waals surface area (Å²) >= 11 is 0. The molecular weight excluding hydrogens is 302 g/mol. The molecule has 5 nitrogen and oxygen atoms in total. The lowest BCUT2D eigenvalue weighted by Crippen LogP contribution is -2.38. The van der Waals surface area contributed by atoms with Crippen molar-refractivity contribution in [2.24, 2.45) is 0 Å². The molecule has 1 saturated heterocycles. The van der Waals surface area contributed by atoms with Crippen LogP contribution in [0.15, 0.2) is 42.5 Å². The predicted octanol–water partition coefficient (Wildman–Crippen LogP) is 2.51. The van der Waals surface area contributed by atoms with Crippen LogP contribution in [0.25, 0.3) is 0 Å². The van der Waals surface area contributed by atoms with Crippen molar-refractivity contribution >= 4 is 17.4 Å². The van der Waals surface area contributed by atoms with E-state index < -0.39 is 0 Å². The van der Waals surface area contributed by atoms with Crippen LogP contribution in [0.4, 0.5) is 11.5 Å². The lowest BCUT2D eigenvalue weighted by atomic mass is 10.1. The number of ether oxygens (including phenoxy) is 1. The Morgan fingerprint density at radius 3 is 2.75 bits per heavy atom. The maximum Gasteiger partial charge on any atom is 0.277 e. The highest BCUT2D eigenvalue weighted by Crippen LogP contribution is 2.33. The minimum atomic E-state index is -0.0254. The first-order valence-corrected chi connectivity index (χ1v) is 8.45. The molecule has 2 aliphatic heterocycles. The van der Waals surface area contributed by atoms with Crippen LogP contribution >= 0.6 is 0 Å². The number of carbonyl (C=O) groups excluding carboxylic acids is 1. The third-order valence-electron chi connectivity index (χ3n) is 4.71. The standard InChI is InChI=1S/C19H21N3O2/c1-14-13-15-5-2-3-7-17(15)22(14)19(23)16-6-4-8-18(20-16)21-9-11-24-12-10-21/h2-8,14H,9-13H2,1H3. The largest absolute Gasteiger partial charge is 0.378 e. The summed E-state index contributed by atoms with van der Waals surface area (Å²) in [5.41, 5.74) is 2.74. The van der Waals surface area contributed by atoms with Crippen molar-refractivity contribution < 1.29 is 9.53 Å². The molecule has 1 unspecified atom stereocenters. The second kappa shape index (κ2) is 6.24. The number of nitrogens with zero attached hydrogens (tertiary/aromatic N) is 3. The van der Waals surface area contributed by atoms with Gasteiger partial charge in [-0.05, 0) is 37.1 Å². The van der Waals surface area contributed by atoms with Crippen LogP contribution in [0.2, 0.25) is 0 Å². The van der Waals surface area contributed by atoms with Gasteiger partial charge in [-0.1, -0.05) is 24.3 Å². The molecule has 1 amide bonds. The van der Waals surface area contributed by atoms with Crippen LogP contribution in [-0.2, 0) is 11.2 Å². The lowest BCUT2D eigenvalue weighted by molar-refractivity contribution is 0.0976. The van der Waals surface area contributed by atoms with Gasteiger partial charge in [-0.3, -0.25) is 4.79 Å². The Morgan fingerprint density at radius 1 is 1.12 bits per heavy atom. The van der Waals surface area contributed by atoms with E-state index in [1.807, 2.05) is 35.2 Å². The molecule has 0 N–H and O–H groups in total.